The maximum atomic E-state index is 13.8. The summed E-state index contributed by atoms with van der Waals surface area (Å²) in [5.41, 5.74) is 3.80. The number of aliphatic hydroxyl groups is 1. The van der Waals surface area contributed by atoms with Crippen LogP contribution in [-0.4, -0.2) is 40.2 Å². The summed E-state index contributed by atoms with van der Waals surface area (Å²) in [5, 5.41) is 21.3. The molecule has 1 saturated heterocycles. The molecule has 2 aliphatic rings. The summed E-state index contributed by atoms with van der Waals surface area (Å²) in [7, 11) is 1.52. The fourth-order valence-electron chi connectivity index (χ4n) is 5.86. The number of fused-ring (bicyclic) bond motifs is 1. The lowest BCUT2D eigenvalue weighted by Crippen LogP contribution is -2.29. The molecule has 0 radical (unpaired) electrons. The average molecular weight is 712 g/mol. The molecule has 4 aromatic carbocycles. The number of rotatable bonds is 10. The van der Waals surface area contributed by atoms with Gasteiger partial charge in [-0.05, 0) is 71.6 Å². The first-order chi connectivity index (χ1) is 23.8. The van der Waals surface area contributed by atoms with E-state index in [0.29, 0.717) is 50.8 Å². The Kier molecular flexibility index (Phi) is 9.31. The van der Waals surface area contributed by atoms with E-state index in [1.807, 2.05) is 61.5 Å². The number of thioether (sulfide) groups is 1. The fourth-order valence-corrected chi connectivity index (χ4v) is 7.81. The molecule has 5 aromatic rings. The third-order valence-electron chi connectivity index (χ3n) is 8.23. The van der Waals surface area contributed by atoms with Gasteiger partial charge in [-0.2, -0.15) is 0 Å². The summed E-state index contributed by atoms with van der Waals surface area (Å²) in [5.74, 6) is 0.277. The van der Waals surface area contributed by atoms with Crippen LogP contribution in [0.25, 0.3) is 5.76 Å². The monoisotopic (exact) mass is 711 g/mol. The number of aliphatic hydroxyl groups excluding tert-OH is 1. The minimum Gasteiger partial charge on any atom is -0.507 e. The maximum absolute atomic E-state index is 13.8. The van der Waals surface area contributed by atoms with Crippen LogP contribution in [0.4, 0.5) is 5.13 Å². The Bertz CT molecular complexity index is 2070. The Labute approximate surface area is 296 Å². The van der Waals surface area contributed by atoms with Crippen LogP contribution in [0.5, 0.6) is 17.2 Å². The molecule has 49 heavy (non-hydrogen) atoms. The molecule has 248 valence electrons. The molecule has 2 unspecified atom stereocenters. The lowest BCUT2D eigenvalue weighted by atomic mass is 9.94. The van der Waals surface area contributed by atoms with Gasteiger partial charge in [0.2, 0.25) is 5.13 Å². The molecule has 2 aliphatic heterocycles. The van der Waals surface area contributed by atoms with Crippen LogP contribution < -0.4 is 19.1 Å². The zero-order chi connectivity index (χ0) is 34.1. The molecule has 1 aromatic heterocycles. The third-order valence-corrected chi connectivity index (χ3v) is 10.6. The lowest BCUT2D eigenvalue weighted by molar-refractivity contribution is -0.132. The highest BCUT2D eigenvalue weighted by Crippen LogP contribution is 2.46. The largest absolute Gasteiger partial charge is 0.507 e. The molecule has 12 heteroatoms. The molecule has 1 amide bonds. The van der Waals surface area contributed by atoms with Crippen LogP contribution in [0.15, 0.2) is 101 Å². The summed E-state index contributed by atoms with van der Waals surface area (Å²) < 4.78 is 18.2. The van der Waals surface area contributed by atoms with Crippen molar-refractivity contribution in [1.82, 2.24) is 10.2 Å². The van der Waals surface area contributed by atoms with Crippen LogP contribution in [0, 0.1) is 0 Å². The van der Waals surface area contributed by atoms with E-state index in [9.17, 15) is 14.7 Å². The van der Waals surface area contributed by atoms with Gasteiger partial charge in [0.05, 0.1) is 18.7 Å². The molecule has 0 saturated carbocycles. The number of ether oxygens (including phenoxy) is 3. The van der Waals surface area contributed by atoms with Crippen LogP contribution in [0.2, 0.25) is 5.02 Å². The maximum Gasteiger partial charge on any atom is 0.301 e. The number of anilines is 1. The van der Waals surface area contributed by atoms with E-state index in [0.717, 1.165) is 22.4 Å². The standard InChI is InChI=1S/C37H30ClN3O6S2/c1-21-16-26-17-25(11-14-28(26)47-21)33(42)31-32(24-10-15-29(30(18-24)45-2)46-19-22-6-4-3-5-7-22)41(35(44)34(31)43)36-39-40-37(49-36)48-20-23-8-12-27(38)13-9-23/h3-15,17-18,21,32,42H,16,19-20H2,1-2H3/b33-31+. The first kappa shape index (κ1) is 32.7. The summed E-state index contributed by atoms with van der Waals surface area (Å²) in [6, 6.07) is 26.7. The van der Waals surface area contributed by atoms with Crippen molar-refractivity contribution in [3.63, 3.8) is 0 Å². The van der Waals surface area contributed by atoms with Gasteiger partial charge in [0, 0.05) is 22.8 Å². The normalized spacial score (nSPS) is 18.0. The quantitative estimate of drug-likeness (QED) is 0.0506. The number of nitrogens with zero attached hydrogens (tertiary/aromatic N) is 3. The molecular weight excluding hydrogens is 682 g/mol. The van der Waals surface area contributed by atoms with Gasteiger partial charge < -0.3 is 19.3 Å². The van der Waals surface area contributed by atoms with E-state index in [1.165, 1.54) is 35.1 Å². The number of amides is 1. The molecule has 0 aliphatic carbocycles. The number of halogens is 1. The zero-order valence-electron chi connectivity index (χ0n) is 26.5. The number of carbonyl (C=O) groups is 2. The number of ketones is 1. The van der Waals surface area contributed by atoms with E-state index in [1.54, 1.807) is 36.4 Å². The average Bonchev–Trinajstić information content (AvgIpc) is 3.81. The molecule has 9 nitrogen and oxygen atoms in total. The highest BCUT2D eigenvalue weighted by Gasteiger charge is 2.48. The molecule has 3 heterocycles. The van der Waals surface area contributed by atoms with Gasteiger partial charge in [0.25, 0.3) is 5.78 Å². The number of benzene rings is 4. The fraction of sp³-hybridized carbons (Fsp3) is 0.189. The number of aromatic nitrogens is 2. The number of hydrogen-bond acceptors (Lipinski definition) is 10. The van der Waals surface area contributed by atoms with E-state index in [4.69, 9.17) is 25.8 Å². The second-order valence-electron chi connectivity index (χ2n) is 11.6. The Balaban J connectivity index is 1.26. The predicted molar refractivity (Wildman–Crippen MR) is 190 cm³/mol. The summed E-state index contributed by atoms with van der Waals surface area (Å²) in [6.45, 7) is 2.28. The highest BCUT2D eigenvalue weighted by molar-refractivity contribution is 8.00. The van der Waals surface area contributed by atoms with Gasteiger partial charge >= 0.3 is 5.91 Å². The van der Waals surface area contributed by atoms with Crippen LogP contribution in [-0.2, 0) is 28.4 Å². The SMILES string of the molecule is COc1cc(C2/C(=C(\O)c3ccc4c(c3)CC(C)O4)C(=O)C(=O)N2c2nnc(SCc3ccc(Cl)cc3)s2)ccc1OCc1ccccc1. The Morgan fingerprint density at radius 2 is 1.80 bits per heavy atom. The van der Waals surface area contributed by atoms with E-state index >= 15 is 0 Å². The zero-order valence-corrected chi connectivity index (χ0v) is 28.8. The number of hydrogen-bond donors (Lipinski definition) is 1. The molecule has 0 spiro atoms. The highest BCUT2D eigenvalue weighted by atomic mass is 35.5. The number of carbonyl (C=O) groups excluding carboxylic acids is 2. The van der Waals surface area contributed by atoms with Gasteiger partial charge in [-0.25, -0.2) is 0 Å². The Morgan fingerprint density at radius 1 is 1.00 bits per heavy atom. The number of Topliss-reactive ketones (excluding diaryl/α,β-unsaturated/α-hetero) is 1. The van der Waals surface area contributed by atoms with E-state index < -0.39 is 17.7 Å². The molecule has 2 atom stereocenters. The summed E-state index contributed by atoms with van der Waals surface area (Å²) in [6.07, 6.45) is 0.661. The van der Waals surface area contributed by atoms with Gasteiger partial charge in [-0.15, -0.1) is 10.2 Å². The minimum atomic E-state index is -1.03. The molecule has 1 N–H and O–H groups in total. The van der Waals surface area contributed by atoms with Crippen molar-refractivity contribution in [2.75, 3.05) is 12.0 Å². The van der Waals surface area contributed by atoms with Gasteiger partial charge in [0.15, 0.2) is 15.8 Å². The summed E-state index contributed by atoms with van der Waals surface area (Å²) in [4.78, 5) is 29.0. The Hall–Kier alpha value is -4.84. The van der Waals surface area contributed by atoms with Crippen molar-refractivity contribution in [2.45, 2.75) is 42.2 Å². The van der Waals surface area contributed by atoms with Crippen molar-refractivity contribution in [1.29, 1.82) is 0 Å². The third kappa shape index (κ3) is 6.74. The van der Waals surface area contributed by atoms with E-state index in [-0.39, 0.29) is 22.6 Å². The summed E-state index contributed by atoms with van der Waals surface area (Å²) >= 11 is 8.68. The predicted octanol–water partition coefficient (Wildman–Crippen LogP) is 8.02. The second kappa shape index (κ2) is 13.9. The lowest BCUT2D eigenvalue weighted by Gasteiger charge is -2.23. The van der Waals surface area contributed by atoms with Gasteiger partial charge in [-0.3, -0.25) is 14.5 Å². The second-order valence-corrected chi connectivity index (χ2v) is 14.2. The van der Waals surface area contributed by atoms with Crippen molar-refractivity contribution in [3.8, 4) is 17.2 Å². The number of methoxy groups -OCH3 is 1. The smallest absolute Gasteiger partial charge is 0.301 e. The first-order valence-electron chi connectivity index (χ1n) is 15.5. The first-order valence-corrected chi connectivity index (χ1v) is 17.6. The van der Waals surface area contributed by atoms with Crippen LogP contribution in [0.3, 0.4) is 0 Å². The Morgan fingerprint density at radius 3 is 2.57 bits per heavy atom. The van der Waals surface area contributed by atoms with Crippen LogP contribution >= 0.6 is 34.7 Å². The molecular formula is C37H30ClN3O6S2. The van der Waals surface area contributed by atoms with Crippen molar-refractivity contribution in [2.24, 2.45) is 0 Å². The molecule has 7 rings (SSSR count). The van der Waals surface area contributed by atoms with E-state index in [2.05, 4.69) is 10.2 Å². The topological polar surface area (TPSA) is 111 Å². The van der Waals surface area contributed by atoms with Gasteiger partial charge in [-0.1, -0.05) is 83.2 Å². The van der Waals surface area contributed by atoms with Crippen molar-refractivity contribution < 1.29 is 28.9 Å². The van der Waals surface area contributed by atoms with Crippen molar-refractivity contribution in [3.05, 3.63) is 129 Å². The van der Waals surface area contributed by atoms with Crippen molar-refractivity contribution >= 4 is 57.3 Å². The minimum absolute atomic E-state index is 0.00257. The molecule has 0 bridgehead atoms. The van der Waals surface area contributed by atoms with Gasteiger partial charge in [0.1, 0.15) is 24.2 Å². The van der Waals surface area contributed by atoms with Crippen LogP contribution in [0.1, 0.15) is 40.8 Å². The molecule has 1 fully saturated rings.